The number of likely N-dealkylation sites (tertiary alicyclic amines) is 1. The predicted molar refractivity (Wildman–Crippen MR) is 117 cm³/mol. The molecular formula is C20H30BN3O9. The van der Waals surface area contributed by atoms with Gasteiger partial charge in [0.25, 0.3) is 0 Å². The Balaban J connectivity index is 1.90. The van der Waals surface area contributed by atoms with Gasteiger partial charge in [-0.3, -0.25) is 14.5 Å². The Morgan fingerprint density at radius 2 is 1.94 bits per heavy atom. The first-order valence-corrected chi connectivity index (χ1v) is 10.5. The fourth-order valence-corrected chi connectivity index (χ4v) is 3.49. The second-order valence-corrected chi connectivity index (χ2v) is 8.38. The maximum atomic E-state index is 12.3. The van der Waals surface area contributed by atoms with Crippen LogP contribution in [-0.4, -0.2) is 93.1 Å². The number of benzene rings is 1. The van der Waals surface area contributed by atoms with E-state index in [0.29, 0.717) is 19.5 Å². The standard InChI is InChI=1S/C20H30BN3O9/c1-20(22,19(30)23-8-2-3-15(25)26)11-24-9-13(10-24)33-14-5-4-12(6-7-21(31)32)17(27)16(14)18(28)29/h4-5,13,27,31-32H,2-3,6-11,22H2,1H3,(H,23,30)(H,25,26)(H,28,29)/t20-/m1/s1. The van der Waals surface area contributed by atoms with Crippen LogP contribution in [0.4, 0.5) is 0 Å². The van der Waals surface area contributed by atoms with Gasteiger partial charge in [-0.1, -0.05) is 6.07 Å². The van der Waals surface area contributed by atoms with E-state index < -0.39 is 41.8 Å². The van der Waals surface area contributed by atoms with Gasteiger partial charge >= 0.3 is 19.1 Å². The Morgan fingerprint density at radius 3 is 2.52 bits per heavy atom. The Labute approximate surface area is 191 Å². The number of carbonyl (C=O) groups is 3. The van der Waals surface area contributed by atoms with Crippen LogP contribution in [-0.2, 0) is 16.0 Å². The monoisotopic (exact) mass is 467 g/mol. The molecule has 0 saturated carbocycles. The van der Waals surface area contributed by atoms with Crippen molar-refractivity contribution in [2.24, 2.45) is 5.73 Å². The molecule has 0 unspecified atom stereocenters. The van der Waals surface area contributed by atoms with Gasteiger partial charge in [-0.05, 0) is 37.7 Å². The molecule has 1 fully saturated rings. The zero-order valence-electron chi connectivity index (χ0n) is 18.4. The van der Waals surface area contributed by atoms with Crippen molar-refractivity contribution in [3.63, 3.8) is 0 Å². The minimum atomic E-state index is -1.57. The van der Waals surface area contributed by atoms with Gasteiger partial charge in [0, 0.05) is 32.6 Å². The maximum absolute atomic E-state index is 12.3. The number of aromatic hydroxyl groups is 1. The van der Waals surface area contributed by atoms with Gasteiger partial charge in [-0.2, -0.15) is 0 Å². The van der Waals surface area contributed by atoms with E-state index in [0.717, 1.165) is 0 Å². The summed E-state index contributed by atoms with van der Waals surface area (Å²) in [5.41, 5.74) is 4.75. The molecule has 2 rings (SSSR count). The summed E-state index contributed by atoms with van der Waals surface area (Å²) in [4.78, 5) is 36.3. The van der Waals surface area contributed by atoms with Crippen molar-refractivity contribution in [2.75, 3.05) is 26.2 Å². The van der Waals surface area contributed by atoms with Crippen molar-refractivity contribution < 1.29 is 44.5 Å². The van der Waals surface area contributed by atoms with E-state index in [1.165, 1.54) is 12.1 Å². The molecule has 13 heteroatoms. The molecule has 1 amide bonds. The number of nitrogens with two attached hydrogens (primary N) is 1. The van der Waals surface area contributed by atoms with Gasteiger partial charge < -0.3 is 41.2 Å². The average molecular weight is 467 g/mol. The number of carboxylic acids is 2. The second kappa shape index (κ2) is 11.3. The number of phenols is 1. The first-order valence-electron chi connectivity index (χ1n) is 10.5. The number of carboxylic acid groups (broad SMARTS) is 2. The topological polar surface area (TPSA) is 203 Å². The second-order valence-electron chi connectivity index (χ2n) is 8.38. The highest BCUT2D eigenvalue weighted by molar-refractivity contribution is 6.41. The molecule has 0 aromatic heterocycles. The van der Waals surface area contributed by atoms with Gasteiger partial charge in [0.1, 0.15) is 28.7 Å². The molecule has 1 aromatic carbocycles. The van der Waals surface area contributed by atoms with Crippen molar-refractivity contribution >= 4 is 25.0 Å². The third-order valence-corrected chi connectivity index (χ3v) is 5.25. The number of hydrogen-bond acceptors (Lipinski definition) is 9. The summed E-state index contributed by atoms with van der Waals surface area (Å²) >= 11 is 0. The molecule has 1 aliphatic rings. The number of nitrogens with one attached hydrogen (secondary N) is 1. The minimum Gasteiger partial charge on any atom is -0.507 e. The van der Waals surface area contributed by atoms with Crippen LogP contribution in [0.15, 0.2) is 12.1 Å². The first-order chi connectivity index (χ1) is 15.4. The van der Waals surface area contributed by atoms with E-state index in [9.17, 15) is 24.6 Å². The van der Waals surface area contributed by atoms with Crippen molar-refractivity contribution in [1.29, 1.82) is 0 Å². The number of rotatable bonds is 13. The molecule has 0 radical (unpaired) electrons. The van der Waals surface area contributed by atoms with Gasteiger partial charge in [-0.25, -0.2) is 4.79 Å². The van der Waals surface area contributed by atoms with Crippen LogP contribution >= 0.6 is 0 Å². The molecule has 12 nitrogen and oxygen atoms in total. The van der Waals surface area contributed by atoms with Crippen LogP contribution in [0.3, 0.4) is 0 Å². The van der Waals surface area contributed by atoms with E-state index in [1.54, 1.807) is 6.92 Å². The van der Waals surface area contributed by atoms with Gasteiger partial charge in [0.05, 0.1) is 0 Å². The fraction of sp³-hybridized carbons (Fsp3) is 0.550. The largest absolute Gasteiger partial charge is 0.507 e. The number of carbonyl (C=O) groups excluding carboxylic acids is 1. The summed E-state index contributed by atoms with van der Waals surface area (Å²) in [6.07, 6.45) is -0.105. The lowest BCUT2D eigenvalue weighted by atomic mass is 9.82. The Morgan fingerprint density at radius 1 is 1.27 bits per heavy atom. The highest BCUT2D eigenvalue weighted by Crippen LogP contribution is 2.34. The Hall–Kier alpha value is -2.87. The van der Waals surface area contributed by atoms with Crippen molar-refractivity contribution in [2.45, 2.75) is 44.1 Å². The fourth-order valence-electron chi connectivity index (χ4n) is 3.49. The molecule has 1 atom stereocenters. The Bertz CT molecular complexity index is 873. The highest BCUT2D eigenvalue weighted by Gasteiger charge is 2.37. The minimum absolute atomic E-state index is 0.00960. The summed E-state index contributed by atoms with van der Waals surface area (Å²) in [6, 6.07) is 2.89. The van der Waals surface area contributed by atoms with Crippen LogP contribution in [0, 0.1) is 0 Å². The molecule has 0 spiro atoms. The van der Waals surface area contributed by atoms with Crippen LogP contribution in [0.5, 0.6) is 11.5 Å². The number of aliphatic carboxylic acids is 1. The van der Waals surface area contributed by atoms with Gasteiger partial charge in [0.15, 0.2) is 0 Å². The molecule has 1 aliphatic heterocycles. The van der Waals surface area contributed by atoms with Crippen molar-refractivity contribution in [3.8, 4) is 11.5 Å². The average Bonchev–Trinajstić information content (AvgIpc) is 2.68. The van der Waals surface area contributed by atoms with Gasteiger partial charge in [0.2, 0.25) is 5.91 Å². The zero-order valence-corrected chi connectivity index (χ0v) is 18.4. The molecule has 33 heavy (non-hydrogen) atoms. The molecule has 1 saturated heterocycles. The van der Waals surface area contributed by atoms with E-state index in [4.69, 9.17) is 25.6 Å². The lowest BCUT2D eigenvalue weighted by Gasteiger charge is -2.42. The molecule has 1 aromatic rings. The quantitative estimate of drug-likeness (QED) is 0.137. The highest BCUT2D eigenvalue weighted by atomic mass is 16.5. The number of ether oxygens (including phenoxy) is 1. The normalized spacial score (nSPS) is 15.9. The summed E-state index contributed by atoms with van der Waals surface area (Å²) in [7, 11) is -1.57. The molecule has 182 valence electrons. The predicted octanol–water partition coefficient (Wildman–Crippen LogP) is -1.13. The molecular weight excluding hydrogens is 437 g/mol. The smallest absolute Gasteiger partial charge is 0.451 e. The molecule has 0 bridgehead atoms. The SMILES string of the molecule is C[C@@](N)(CN1CC(Oc2ccc(CCB(O)O)c(O)c2C(=O)O)C1)C(=O)NCCCC(=O)O. The zero-order chi connectivity index (χ0) is 24.8. The summed E-state index contributed by atoms with van der Waals surface area (Å²) < 4.78 is 5.73. The molecule has 8 N–H and O–H groups in total. The molecule has 1 heterocycles. The number of nitrogens with zero attached hydrogens (tertiary/aromatic N) is 1. The lowest BCUT2D eigenvalue weighted by molar-refractivity contribution is -0.137. The number of hydrogen-bond donors (Lipinski definition) is 7. The Kier molecular flexibility index (Phi) is 9.05. The first kappa shape index (κ1) is 26.4. The van der Waals surface area contributed by atoms with E-state index in [-0.39, 0.29) is 49.7 Å². The summed E-state index contributed by atoms with van der Waals surface area (Å²) in [6.45, 7) is 2.76. The van der Waals surface area contributed by atoms with Crippen LogP contribution in [0.1, 0.15) is 35.7 Å². The van der Waals surface area contributed by atoms with Crippen LogP contribution < -0.4 is 15.8 Å². The van der Waals surface area contributed by atoms with E-state index in [1.807, 2.05) is 4.90 Å². The van der Waals surface area contributed by atoms with Crippen molar-refractivity contribution in [3.05, 3.63) is 23.3 Å². The third kappa shape index (κ3) is 7.60. The number of aryl methyl sites for hydroxylation is 1. The number of aromatic carboxylic acids is 1. The lowest BCUT2D eigenvalue weighted by Crippen LogP contribution is -2.64. The van der Waals surface area contributed by atoms with E-state index in [2.05, 4.69) is 5.32 Å². The summed E-state index contributed by atoms with van der Waals surface area (Å²) in [5.74, 6) is -3.21. The van der Waals surface area contributed by atoms with Crippen LogP contribution in [0.25, 0.3) is 0 Å². The third-order valence-electron chi connectivity index (χ3n) is 5.25. The molecule has 0 aliphatic carbocycles. The maximum Gasteiger partial charge on any atom is 0.451 e. The van der Waals surface area contributed by atoms with Gasteiger partial charge in [-0.15, -0.1) is 0 Å². The van der Waals surface area contributed by atoms with Crippen molar-refractivity contribution in [1.82, 2.24) is 10.2 Å². The van der Waals surface area contributed by atoms with E-state index >= 15 is 0 Å². The number of amides is 1. The summed E-state index contributed by atoms with van der Waals surface area (Å²) in [5, 5.41) is 49.0. The van der Waals surface area contributed by atoms with Crippen LogP contribution in [0.2, 0.25) is 6.32 Å².